The standard InChI is InChI=1S/C18H25N3O6/c1-13(17(22)21-24)9-16(11-27-12-26-8-7-25-2)20-18(23)15-5-3-14(10-19)4-6-15/h3-6,13,16,24H,7-9,11-12H2,1-2H3,(H,20,23)(H,21,22)/t13-,16-/m0/s1. The lowest BCUT2D eigenvalue weighted by atomic mass is 10.0. The number of hydrogen-bond acceptors (Lipinski definition) is 7. The molecule has 0 aliphatic carbocycles. The lowest BCUT2D eigenvalue weighted by Crippen LogP contribution is -2.41. The van der Waals surface area contributed by atoms with Crippen molar-refractivity contribution in [2.24, 2.45) is 5.92 Å². The van der Waals surface area contributed by atoms with E-state index in [-0.39, 0.29) is 25.7 Å². The normalized spacial score (nSPS) is 12.7. The van der Waals surface area contributed by atoms with Crippen molar-refractivity contribution in [1.82, 2.24) is 10.8 Å². The first-order valence-electron chi connectivity index (χ1n) is 8.41. The van der Waals surface area contributed by atoms with Gasteiger partial charge in [-0.05, 0) is 30.7 Å². The molecular formula is C18H25N3O6. The summed E-state index contributed by atoms with van der Waals surface area (Å²) >= 11 is 0. The van der Waals surface area contributed by atoms with Crippen LogP contribution in [-0.2, 0) is 19.0 Å². The van der Waals surface area contributed by atoms with E-state index < -0.39 is 17.9 Å². The van der Waals surface area contributed by atoms with Crippen LogP contribution in [0.2, 0.25) is 0 Å². The third kappa shape index (κ3) is 8.61. The van der Waals surface area contributed by atoms with Gasteiger partial charge < -0.3 is 19.5 Å². The summed E-state index contributed by atoms with van der Waals surface area (Å²) in [5, 5.41) is 20.4. The van der Waals surface area contributed by atoms with Crippen LogP contribution in [-0.4, -0.2) is 56.8 Å². The molecule has 0 fully saturated rings. The fourth-order valence-electron chi connectivity index (χ4n) is 2.23. The fraction of sp³-hybridized carbons (Fsp3) is 0.500. The molecule has 2 atom stereocenters. The number of nitriles is 1. The Morgan fingerprint density at radius 2 is 1.93 bits per heavy atom. The fourth-order valence-corrected chi connectivity index (χ4v) is 2.23. The van der Waals surface area contributed by atoms with Gasteiger partial charge in [-0.15, -0.1) is 0 Å². The number of carbonyl (C=O) groups excluding carboxylic acids is 2. The van der Waals surface area contributed by atoms with E-state index >= 15 is 0 Å². The molecule has 0 spiro atoms. The molecule has 9 heteroatoms. The second-order valence-electron chi connectivity index (χ2n) is 5.86. The Balaban J connectivity index is 2.63. The van der Waals surface area contributed by atoms with Crippen molar-refractivity contribution in [3.05, 3.63) is 35.4 Å². The molecule has 3 N–H and O–H groups in total. The summed E-state index contributed by atoms with van der Waals surface area (Å²) in [4.78, 5) is 23.9. The van der Waals surface area contributed by atoms with Crippen molar-refractivity contribution < 1.29 is 29.0 Å². The molecule has 0 saturated heterocycles. The number of carbonyl (C=O) groups is 2. The van der Waals surface area contributed by atoms with Gasteiger partial charge in [0.05, 0.1) is 37.5 Å². The Bertz CT molecular complexity index is 629. The van der Waals surface area contributed by atoms with E-state index in [4.69, 9.17) is 24.7 Å². The molecule has 1 aromatic rings. The summed E-state index contributed by atoms with van der Waals surface area (Å²) in [6.07, 6.45) is 0.256. The van der Waals surface area contributed by atoms with Crippen LogP contribution in [0, 0.1) is 17.2 Å². The average molecular weight is 379 g/mol. The molecule has 0 radical (unpaired) electrons. The number of nitrogens with one attached hydrogen (secondary N) is 2. The molecule has 0 saturated carbocycles. The first kappa shape index (κ1) is 22.5. The van der Waals surface area contributed by atoms with Crippen molar-refractivity contribution in [3.8, 4) is 6.07 Å². The second kappa shape index (κ2) is 12.8. The minimum atomic E-state index is -0.552. The molecule has 1 aromatic carbocycles. The average Bonchev–Trinajstić information content (AvgIpc) is 2.69. The van der Waals surface area contributed by atoms with E-state index in [9.17, 15) is 9.59 Å². The molecule has 0 aromatic heterocycles. The third-order valence-electron chi connectivity index (χ3n) is 3.72. The predicted octanol–water partition coefficient (Wildman–Crippen LogP) is 0.825. The number of ether oxygens (including phenoxy) is 3. The summed E-state index contributed by atoms with van der Waals surface area (Å²) in [5.41, 5.74) is 2.43. The molecule has 0 aliphatic rings. The Morgan fingerprint density at radius 3 is 2.52 bits per heavy atom. The van der Waals surface area contributed by atoms with Crippen LogP contribution in [0.15, 0.2) is 24.3 Å². The monoisotopic (exact) mass is 379 g/mol. The van der Waals surface area contributed by atoms with Crippen LogP contribution in [0.1, 0.15) is 29.3 Å². The van der Waals surface area contributed by atoms with E-state index in [1.54, 1.807) is 43.8 Å². The highest BCUT2D eigenvalue weighted by Crippen LogP contribution is 2.09. The predicted molar refractivity (Wildman–Crippen MR) is 94.8 cm³/mol. The van der Waals surface area contributed by atoms with Crippen LogP contribution >= 0.6 is 0 Å². The van der Waals surface area contributed by atoms with Gasteiger partial charge in [-0.1, -0.05) is 6.92 Å². The van der Waals surface area contributed by atoms with Crippen LogP contribution in [0.5, 0.6) is 0 Å². The van der Waals surface area contributed by atoms with E-state index in [1.165, 1.54) is 0 Å². The molecule has 9 nitrogen and oxygen atoms in total. The van der Waals surface area contributed by atoms with E-state index in [0.717, 1.165) is 0 Å². The molecule has 0 unspecified atom stereocenters. The van der Waals surface area contributed by atoms with Crippen LogP contribution < -0.4 is 10.8 Å². The van der Waals surface area contributed by atoms with Crippen molar-refractivity contribution in [3.63, 3.8) is 0 Å². The van der Waals surface area contributed by atoms with Crippen LogP contribution in [0.4, 0.5) is 0 Å². The number of benzene rings is 1. The Morgan fingerprint density at radius 1 is 1.22 bits per heavy atom. The summed E-state index contributed by atoms with van der Waals surface area (Å²) in [7, 11) is 1.56. The minimum absolute atomic E-state index is 0.0210. The zero-order valence-electron chi connectivity index (χ0n) is 15.4. The lowest BCUT2D eigenvalue weighted by Gasteiger charge is -2.21. The van der Waals surface area contributed by atoms with Crippen molar-refractivity contribution in [2.75, 3.05) is 33.7 Å². The summed E-state index contributed by atoms with van der Waals surface area (Å²) in [6, 6.07) is 7.69. The number of methoxy groups -OCH3 is 1. The molecule has 0 aliphatic heterocycles. The van der Waals surface area contributed by atoms with Crippen LogP contribution in [0.3, 0.4) is 0 Å². The Labute approximate surface area is 158 Å². The summed E-state index contributed by atoms with van der Waals surface area (Å²) < 4.78 is 15.5. The SMILES string of the molecule is COCCOCOC[C@H](C[C@H](C)C(=O)NO)NC(=O)c1ccc(C#N)cc1. The molecular weight excluding hydrogens is 354 g/mol. The summed E-state index contributed by atoms with van der Waals surface area (Å²) in [6.45, 7) is 2.59. The molecule has 0 bridgehead atoms. The van der Waals surface area contributed by atoms with Gasteiger partial charge in [0.15, 0.2) is 0 Å². The molecule has 1 rings (SSSR count). The highest BCUT2D eigenvalue weighted by Gasteiger charge is 2.21. The maximum absolute atomic E-state index is 12.4. The van der Waals surface area contributed by atoms with Gasteiger partial charge in [-0.3, -0.25) is 14.8 Å². The van der Waals surface area contributed by atoms with Gasteiger partial charge in [0, 0.05) is 18.6 Å². The van der Waals surface area contributed by atoms with Gasteiger partial charge in [-0.25, -0.2) is 5.48 Å². The highest BCUT2D eigenvalue weighted by molar-refractivity contribution is 5.94. The van der Waals surface area contributed by atoms with E-state index in [0.29, 0.717) is 24.3 Å². The summed E-state index contributed by atoms with van der Waals surface area (Å²) in [5.74, 6) is -1.45. The Kier molecular flexibility index (Phi) is 10.7. The lowest BCUT2D eigenvalue weighted by molar-refractivity contribution is -0.133. The maximum atomic E-state index is 12.4. The van der Waals surface area contributed by atoms with Gasteiger partial charge in [0.1, 0.15) is 6.79 Å². The quantitative estimate of drug-likeness (QED) is 0.212. The molecule has 0 heterocycles. The largest absolute Gasteiger partial charge is 0.382 e. The second-order valence-corrected chi connectivity index (χ2v) is 5.86. The van der Waals surface area contributed by atoms with Gasteiger partial charge in [-0.2, -0.15) is 5.26 Å². The third-order valence-corrected chi connectivity index (χ3v) is 3.72. The number of nitrogens with zero attached hydrogens (tertiary/aromatic N) is 1. The minimum Gasteiger partial charge on any atom is -0.382 e. The zero-order chi connectivity index (χ0) is 20.1. The van der Waals surface area contributed by atoms with E-state index in [2.05, 4.69) is 5.32 Å². The van der Waals surface area contributed by atoms with Crippen molar-refractivity contribution in [2.45, 2.75) is 19.4 Å². The number of hydroxylamine groups is 1. The number of hydrogen-bond donors (Lipinski definition) is 3. The van der Waals surface area contributed by atoms with E-state index in [1.807, 2.05) is 6.07 Å². The van der Waals surface area contributed by atoms with Crippen molar-refractivity contribution >= 4 is 11.8 Å². The van der Waals surface area contributed by atoms with Gasteiger partial charge >= 0.3 is 0 Å². The molecule has 27 heavy (non-hydrogen) atoms. The zero-order valence-corrected chi connectivity index (χ0v) is 15.4. The number of amides is 2. The highest BCUT2D eigenvalue weighted by atomic mass is 16.7. The number of rotatable bonds is 12. The molecule has 2 amide bonds. The topological polar surface area (TPSA) is 130 Å². The molecule has 148 valence electrons. The first-order valence-corrected chi connectivity index (χ1v) is 8.41. The Hall–Kier alpha value is -2.51. The van der Waals surface area contributed by atoms with Crippen LogP contribution in [0.25, 0.3) is 0 Å². The maximum Gasteiger partial charge on any atom is 0.251 e. The van der Waals surface area contributed by atoms with Gasteiger partial charge in [0.2, 0.25) is 5.91 Å². The van der Waals surface area contributed by atoms with Gasteiger partial charge in [0.25, 0.3) is 5.91 Å². The van der Waals surface area contributed by atoms with Crippen molar-refractivity contribution in [1.29, 1.82) is 5.26 Å². The smallest absolute Gasteiger partial charge is 0.251 e. The first-order chi connectivity index (χ1) is 13.0.